The fourth-order valence-corrected chi connectivity index (χ4v) is 5.32. The highest BCUT2D eigenvalue weighted by molar-refractivity contribution is 7.99. The van der Waals surface area contributed by atoms with Crippen LogP contribution in [0.3, 0.4) is 0 Å². The number of aliphatic hydroxyl groups is 1. The Kier molecular flexibility index (Phi) is 7.62. The number of morpholine rings is 1. The van der Waals surface area contributed by atoms with Crippen LogP contribution in [-0.2, 0) is 10.3 Å². The number of ether oxygens (including phenoxy) is 1. The van der Waals surface area contributed by atoms with Gasteiger partial charge >= 0.3 is 0 Å². The number of aliphatic imine (C=N–C) groups is 1. The molecule has 0 bridgehead atoms. The van der Waals surface area contributed by atoms with E-state index in [4.69, 9.17) is 9.73 Å². The highest BCUT2D eigenvalue weighted by atomic mass is 32.2. The van der Waals surface area contributed by atoms with Gasteiger partial charge in [-0.2, -0.15) is 11.8 Å². The van der Waals surface area contributed by atoms with Gasteiger partial charge in [-0.1, -0.05) is 30.3 Å². The maximum Gasteiger partial charge on any atom is 0.191 e. The van der Waals surface area contributed by atoms with Crippen LogP contribution in [0.25, 0.3) is 0 Å². The van der Waals surface area contributed by atoms with Crippen molar-refractivity contribution in [3.05, 3.63) is 35.9 Å². The SMILES string of the molecule is CCNC(=NCC(C)(O)c1ccccc1)NCC1(N2CCOCC2)CCSC1. The molecule has 2 aliphatic rings. The quantitative estimate of drug-likeness (QED) is 0.473. The fraction of sp³-hybridized carbons (Fsp3) is 0.667. The Labute approximate surface area is 173 Å². The molecule has 0 spiro atoms. The second kappa shape index (κ2) is 9.96. The molecule has 2 saturated heterocycles. The van der Waals surface area contributed by atoms with Gasteiger partial charge in [0.2, 0.25) is 0 Å². The van der Waals surface area contributed by atoms with Crippen LogP contribution in [0, 0.1) is 0 Å². The van der Waals surface area contributed by atoms with Crippen molar-refractivity contribution in [2.45, 2.75) is 31.4 Å². The first-order valence-electron chi connectivity index (χ1n) is 10.3. The summed E-state index contributed by atoms with van der Waals surface area (Å²) >= 11 is 2.03. The van der Waals surface area contributed by atoms with E-state index in [1.54, 1.807) is 0 Å². The normalized spacial score (nSPS) is 26.0. The Morgan fingerprint density at radius 2 is 2.04 bits per heavy atom. The number of thioether (sulfide) groups is 1. The summed E-state index contributed by atoms with van der Waals surface area (Å²) < 4.78 is 5.55. The minimum atomic E-state index is -0.991. The van der Waals surface area contributed by atoms with E-state index in [0.29, 0.717) is 6.54 Å². The summed E-state index contributed by atoms with van der Waals surface area (Å²) in [7, 11) is 0. The van der Waals surface area contributed by atoms with Gasteiger partial charge in [-0.05, 0) is 31.6 Å². The maximum atomic E-state index is 10.8. The van der Waals surface area contributed by atoms with E-state index in [1.165, 1.54) is 12.2 Å². The molecule has 0 radical (unpaired) electrons. The summed E-state index contributed by atoms with van der Waals surface area (Å²) in [5, 5.41) is 17.7. The van der Waals surface area contributed by atoms with Crippen molar-refractivity contribution in [1.82, 2.24) is 15.5 Å². The zero-order valence-corrected chi connectivity index (χ0v) is 17.9. The second-order valence-electron chi connectivity index (χ2n) is 7.81. The van der Waals surface area contributed by atoms with E-state index < -0.39 is 5.60 Å². The van der Waals surface area contributed by atoms with Crippen LogP contribution in [0.4, 0.5) is 0 Å². The van der Waals surface area contributed by atoms with Crippen LogP contribution in [0.15, 0.2) is 35.3 Å². The van der Waals surface area contributed by atoms with Crippen LogP contribution in [0.5, 0.6) is 0 Å². The first kappa shape index (κ1) is 21.4. The van der Waals surface area contributed by atoms with Gasteiger partial charge in [0.1, 0.15) is 5.60 Å². The van der Waals surface area contributed by atoms with Crippen molar-refractivity contribution in [2.75, 3.05) is 57.4 Å². The number of rotatable bonds is 7. The number of hydrogen-bond acceptors (Lipinski definition) is 5. The molecular weight excluding hydrogens is 372 g/mol. The molecule has 7 heteroatoms. The summed E-state index contributed by atoms with van der Waals surface area (Å²) in [5.41, 5.74) is 0.0491. The molecule has 0 aliphatic carbocycles. The van der Waals surface area contributed by atoms with Gasteiger partial charge in [0.25, 0.3) is 0 Å². The third-order valence-electron chi connectivity index (χ3n) is 5.63. The van der Waals surface area contributed by atoms with Crippen molar-refractivity contribution in [3.63, 3.8) is 0 Å². The molecule has 0 amide bonds. The molecule has 1 aromatic rings. The average Bonchev–Trinajstić information content (AvgIpc) is 3.22. The second-order valence-corrected chi connectivity index (χ2v) is 8.92. The first-order valence-corrected chi connectivity index (χ1v) is 11.4. The lowest BCUT2D eigenvalue weighted by atomic mass is 9.95. The standard InChI is InChI=1S/C21H34N4O2S/c1-3-22-19(23-15-20(2,26)18-7-5-4-6-8-18)24-16-21(9-14-28-17-21)25-10-12-27-13-11-25/h4-8,26H,3,9-17H2,1-2H3,(H2,22,23,24). The minimum Gasteiger partial charge on any atom is -0.384 e. The van der Waals surface area contributed by atoms with Crippen molar-refractivity contribution < 1.29 is 9.84 Å². The summed E-state index contributed by atoms with van der Waals surface area (Å²) in [6.07, 6.45) is 1.19. The van der Waals surface area contributed by atoms with Gasteiger partial charge < -0.3 is 20.5 Å². The minimum absolute atomic E-state index is 0.159. The van der Waals surface area contributed by atoms with Gasteiger partial charge in [0, 0.05) is 37.5 Å². The lowest BCUT2D eigenvalue weighted by molar-refractivity contribution is -0.0120. The molecule has 0 saturated carbocycles. The Hall–Kier alpha value is -1.28. The molecule has 3 rings (SSSR count). The molecule has 2 unspecified atom stereocenters. The molecule has 2 atom stereocenters. The molecule has 2 heterocycles. The van der Waals surface area contributed by atoms with Crippen LogP contribution in [0.2, 0.25) is 0 Å². The molecule has 3 N–H and O–H groups in total. The smallest absolute Gasteiger partial charge is 0.191 e. The van der Waals surface area contributed by atoms with E-state index in [9.17, 15) is 5.11 Å². The van der Waals surface area contributed by atoms with Crippen molar-refractivity contribution >= 4 is 17.7 Å². The molecule has 1 aromatic carbocycles. The van der Waals surface area contributed by atoms with E-state index in [2.05, 4.69) is 22.5 Å². The van der Waals surface area contributed by atoms with E-state index >= 15 is 0 Å². The number of hydrogen-bond donors (Lipinski definition) is 3. The average molecular weight is 407 g/mol. The summed E-state index contributed by atoms with van der Waals surface area (Å²) in [6.45, 7) is 9.48. The van der Waals surface area contributed by atoms with Crippen molar-refractivity contribution in [1.29, 1.82) is 0 Å². The topological polar surface area (TPSA) is 69.1 Å². The zero-order valence-electron chi connectivity index (χ0n) is 17.1. The molecule has 28 heavy (non-hydrogen) atoms. The van der Waals surface area contributed by atoms with Gasteiger partial charge in [0.05, 0.1) is 19.8 Å². The zero-order chi connectivity index (χ0) is 19.9. The predicted molar refractivity (Wildman–Crippen MR) is 117 cm³/mol. The number of benzene rings is 1. The number of nitrogens with one attached hydrogen (secondary N) is 2. The highest BCUT2D eigenvalue weighted by Crippen LogP contribution is 2.33. The van der Waals surface area contributed by atoms with E-state index in [0.717, 1.165) is 56.7 Å². The van der Waals surface area contributed by atoms with E-state index in [1.807, 2.05) is 49.0 Å². The van der Waals surface area contributed by atoms with Crippen LogP contribution in [0.1, 0.15) is 25.8 Å². The maximum absolute atomic E-state index is 10.8. The summed E-state index contributed by atoms with van der Waals surface area (Å²) in [6, 6.07) is 9.74. The van der Waals surface area contributed by atoms with E-state index in [-0.39, 0.29) is 5.54 Å². The molecule has 0 aromatic heterocycles. The molecule has 156 valence electrons. The first-order chi connectivity index (χ1) is 13.6. The molecular formula is C21H34N4O2S. The summed E-state index contributed by atoms with van der Waals surface area (Å²) in [4.78, 5) is 7.28. The third-order valence-corrected chi connectivity index (χ3v) is 6.87. The monoisotopic (exact) mass is 406 g/mol. The Bertz CT molecular complexity index is 627. The van der Waals surface area contributed by atoms with Crippen molar-refractivity contribution in [2.24, 2.45) is 4.99 Å². The summed E-state index contributed by atoms with van der Waals surface area (Å²) in [5.74, 6) is 3.11. The van der Waals surface area contributed by atoms with Crippen LogP contribution < -0.4 is 10.6 Å². The highest BCUT2D eigenvalue weighted by Gasteiger charge is 2.40. The van der Waals surface area contributed by atoms with Crippen LogP contribution in [-0.4, -0.2) is 78.9 Å². The Morgan fingerprint density at radius 1 is 1.29 bits per heavy atom. The lowest BCUT2D eigenvalue weighted by Crippen LogP contribution is -2.60. The Morgan fingerprint density at radius 3 is 2.68 bits per heavy atom. The predicted octanol–water partition coefficient (Wildman–Crippen LogP) is 1.66. The van der Waals surface area contributed by atoms with Crippen LogP contribution >= 0.6 is 11.8 Å². The van der Waals surface area contributed by atoms with Crippen molar-refractivity contribution in [3.8, 4) is 0 Å². The molecule has 2 fully saturated rings. The third kappa shape index (κ3) is 5.41. The van der Waals surface area contributed by atoms with Gasteiger partial charge in [-0.3, -0.25) is 4.90 Å². The fourth-order valence-electron chi connectivity index (χ4n) is 3.85. The molecule has 6 nitrogen and oxygen atoms in total. The lowest BCUT2D eigenvalue weighted by Gasteiger charge is -2.43. The largest absolute Gasteiger partial charge is 0.384 e. The van der Waals surface area contributed by atoms with Gasteiger partial charge in [-0.15, -0.1) is 0 Å². The molecule has 2 aliphatic heterocycles. The van der Waals surface area contributed by atoms with Gasteiger partial charge in [-0.25, -0.2) is 4.99 Å². The van der Waals surface area contributed by atoms with Gasteiger partial charge in [0.15, 0.2) is 5.96 Å². The Balaban J connectivity index is 1.65. The number of nitrogens with zero attached hydrogens (tertiary/aromatic N) is 2. The number of guanidine groups is 1.